The van der Waals surface area contributed by atoms with Crippen molar-refractivity contribution in [3.63, 3.8) is 0 Å². The fourth-order valence-electron chi connectivity index (χ4n) is 1.54. The molecule has 0 heterocycles. The van der Waals surface area contributed by atoms with Crippen LogP contribution in [0, 0.1) is 0 Å². The monoisotopic (exact) mass is 227 g/mol. The topological polar surface area (TPSA) is 52.3 Å². The maximum absolute atomic E-state index is 10.7. The third kappa shape index (κ3) is 11.2. The van der Waals surface area contributed by atoms with E-state index in [1.807, 2.05) is 6.08 Å². The zero-order valence-electron chi connectivity index (χ0n) is 10.4. The summed E-state index contributed by atoms with van der Waals surface area (Å²) < 4.78 is 4.50. The van der Waals surface area contributed by atoms with E-state index in [0.29, 0.717) is 0 Å². The van der Waals surface area contributed by atoms with Gasteiger partial charge in [0.25, 0.3) is 0 Å². The second-order valence-corrected chi connectivity index (χ2v) is 3.98. The Hall–Kier alpha value is -0.830. The van der Waals surface area contributed by atoms with Gasteiger partial charge in [0.1, 0.15) is 0 Å². The first-order valence-corrected chi connectivity index (χ1v) is 6.26. The zero-order valence-corrected chi connectivity index (χ0v) is 10.4. The van der Waals surface area contributed by atoms with E-state index in [9.17, 15) is 4.79 Å². The van der Waals surface area contributed by atoms with E-state index in [4.69, 9.17) is 5.73 Å². The minimum Gasteiger partial charge on any atom is -0.466 e. The Morgan fingerprint density at radius 1 is 1.06 bits per heavy atom. The van der Waals surface area contributed by atoms with Gasteiger partial charge in [-0.2, -0.15) is 0 Å². The summed E-state index contributed by atoms with van der Waals surface area (Å²) in [4.78, 5) is 10.7. The highest BCUT2D eigenvalue weighted by molar-refractivity contribution is 5.81. The molecule has 0 aromatic heterocycles. The molecular weight excluding hydrogens is 202 g/mol. The van der Waals surface area contributed by atoms with Gasteiger partial charge in [0.2, 0.25) is 0 Å². The van der Waals surface area contributed by atoms with Gasteiger partial charge in [-0.05, 0) is 25.8 Å². The van der Waals surface area contributed by atoms with Gasteiger partial charge >= 0.3 is 5.97 Å². The van der Waals surface area contributed by atoms with Crippen molar-refractivity contribution in [3.05, 3.63) is 12.2 Å². The van der Waals surface area contributed by atoms with Gasteiger partial charge in [-0.1, -0.05) is 38.2 Å². The minimum atomic E-state index is -0.262. The highest BCUT2D eigenvalue weighted by Gasteiger charge is 1.92. The van der Waals surface area contributed by atoms with E-state index < -0.39 is 0 Å². The summed E-state index contributed by atoms with van der Waals surface area (Å²) in [6, 6.07) is 0. The van der Waals surface area contributed by atoms with Crippen molar-refractivity contribution in [1.82, 2.24) is 0 Å². The number of rotatable bonds is 10. The molecule has 3 nitrogen and oxygen atoms in total. The van der Waals surface area contributed by atoms with Crippen molar-refractivity contribution in [3.8, 4) is 0 Å². The van der Waals surface area contributed by atoms with E-state index in [2.05, 4.69) is 4.74 Å². The van der Waals surface area contributed by atoms with Crippen LogP contribution in [0.5, 0.6) is 0 Å². The molecule has 2 N–H and O–H groups in total. The molecule has 0 saturated carbocycles. The Kier molecular flexibility index (Phi) is 11.6. The van der Waals surface area contributed by atoms with Crippen molar-refractivity contribution in [2.75, 3.05) is 13.7 Å². The molecule has 0 radical (unpaired) electrons. The fraction of sp³-hybridized carbons (Fsp3) is 0.769. The third-order valence-electron chi connectivity index (χ3n) is 2.53. The molecule has 0 bridgehead atoms. The maximum atomic E-state index is 10.7. The van der Waals surface area contributed by atoms with E-state index in [-0.39, 0.29) is 5.97 Å². The average Bonchev–Trinajstić information content (AvgIpc) is 2.31. The molecule has 3 heteroatoms. The molecule has 0 aliphatic carbocycles. The Balaban J connectivity index is 3.09. The van der Waals surface area contributed by atoms with Crippen LogP contribution in [0.3, 0.4) is 0 Å². The lowest BCUT2D eigenvalue weighted by Gasteiger charge is -1.99. The summed E-state index contributed by atoms with van der Waals surface area (Å²) in [7, 11) is 1.40. The van der Waals surface area contributed by atoms with E-state index in [1.165, 1.54) is 45.3 Å². The first kappa shape index (κ1) is 15.2. The predicted molar refractivity (Wildman–Crippen MR) is 67.1 cm³/mol. The fourth-order valence-corrected chi connectivity index (χ4v) is 1.54. The molecule has 0 rings (SSSR count). The van der Waals surface area contributed by atoms with Crippen molar-refractivity contribution >= 4 is 5.97 Å². The molecule has 0 unspecified atom stereocenters. The Morgan fingerprint density at radius 2 is 1.62 bits per heavy atom. The standard InChI is InChI=1S/C13H25NO2/c1-16-13(15)11-9-7-5-3-2-4-6-8-10-12-14/h9,11H,2-8,10,12,14H2,1H3/b11-9+. The molecule has 0 saturated heterocycles. The molecule has 16 heavy (non-hydrogen) atoms. The van der Waals surface area contributed by atoms with Gasteiger partial charge in [0, 0.05) is 6.08 Å². The maximum Gasteiger partial charge on any atom is 0.330 e. The number of esters is 1. The number of hydrogen-bond donors (Lipinski definition) is 1. The zero-order chi connectivity index (χ0) is 12.1. The van der Waals surface area contributed by atoms with Gasteiger partial charge in [-0.15, -0.1) is 0 Å². The number of carbonyl (C=O) groups excluding carboxylic acids is 1. The summed E-state index contributed by atoms with van der Waals surface area (Å²) >= 11 is 0. The van der Waals surface area contributed by atoms with Crippen molar-refractivity contribution < 1.29 is 9.53 Å². The summed E-state index contributed by atoms with van der Waals surface area (Å²) in [5, 5.41) is 0. The van der Waals surface area contributed by atoms with Crippen LogP contribution in [0.15, 0.2) is 12.2 Å². The molecule has 0 aliphatic heterocycles. The Morgan fingerprint density at radius 3 is 2.19 bits per heavy atom. The SMILES string of the molecule is COC(=O)/C=C/CCCCCCCCCN. The number of methoxy groups -OCH3 is 1. The Labute approximate surface area is 99.0 Å². The summed E-state index contributed by atoms with van der Waals surface area (Å²) in [5.41, 5.74) is 5.41. The number of hydrogen-bond acceptors (Lipinski definition) is 3. The van der Waals surface area contributed by atoms with Crippen LogP contribution >= 0.6 is 0 Å². The average molecular weight is 227 g/mol. The first-order chi connectivity index (χ1) is 7.81. The molecular formula is C13H25NO2. The molecule has 0 aromatic carbocycles. The van der Waals surface area contributed by atoms with Crippen LogP contribution in [0.4, 0.5) is 0 Å². The lowest BCUT2D eigenvalue weighted by Crippen LogP contribution is -1.97. The number of nitrogens with two attached hydrogens (primary N) is 1. The van der Waals surface area contributed by atoms with Gasteiger partial charge < -0.3 is 10.5 Å². The first-order valence-electron chi connectivity index (χ1n) is 6.26. The van der Waals surface area contributed by atoms with Crippen LogP contribution in [0.1, 0.15) is 51.4 Å². The van der Waals surface area contributed by atoms with Gasteiger partial charge in [-0.25, -0.2) is 4.79 Å². The number of unbranched alkanes of at least 4 members (excludes halogenated alkanes) is 7. The highest BCUT2D eigenvalue weighted by Crippen LogP contribution is 2.08. The van der Waals surface area contributed by atoms with Crippen LogP contribution in [-0.2, 0) is 9.53 Å². The van der Waals surface area contributed by atoms with Crippen LogP contribution in [-0.4, -0.2) is 19.6 Å². The van der Waals surface area contributed by atoms with E-state index >= 15 is 0 Å². The number of allylic oxidation sites excluding steroid dienone is 1. The number of ether oxygens (including phenoxy) is 1. The van der Waals surface area contributed by atoms with Gasteiger partial charge in [-0.3, -0.25) is 0 Å². The molecule has 0 atom stereocenters. The second kappa shape index (κ2) is 12.2. The smallest absolute Gasteiger partial charge is 0.330 e. The molecule has 94 valence electrons. The normalized spacial score (nSPS) is 10.9. The Bertz CT molecular complexity index is 190. The van der Waals surface area contributed by atoms with Crippen molar-refractivity contribution in [1.29, 1.82) is 0 Å². The van der Waals surface area contributed by atoms with Crippen molar-refractivity contribution in [2.24, 2.45) is 5.73 Å². The van der Waals surface area contributed by atoms with E-state index in [0.717, 1.165) is 25.8 Å². The quantitative estimate of drug-likeness (QED) is 0.355. The van der Waals surface area contributed by atoms with Crippen LogP contribution in [0.2, 0.25) is 0 Å². The molecule has 0 aliphatic rings. The summed E-state index contributed by atoms with van der Waals surface area (Å²) in [5.74, 6) is -0.262. The van der Waals surface area contributed by atoms with Crippen LogP contribution in [0.25, 0.3) is 0 Å². The van der Waals surface area contributed by atoms with Gasteiger partial charge in [0.05, 0.1) is 7.11 Å². The van der Waals surface area contributed by atoms with E-state index in [1.54, 1.807) is 0 Å². The van der Waals surface area contributed by atoms with Gasteiger partial charge in [0.15, 0.2) is 0 Å². The van der Waals surface area contributed by atoms with Crippen molar-refractivity contribution in [2.45, 2.75) is 51.4 Å². The molecule has 0 spiro atoms. The number of carbonyl (C=O) groups is 1. The molecule has 0 amide bonds. The second-order valence-electron chi connectivity index (χ2n) is 3.98. The summed E-state index contributed by atoms with van der Waals surface area (Å²) in [6.45, 7) is 0.818. The highest BCUT2D eigenvalue weighted by atomic mass is 16.5. The largest absolute Gasteiger partial charge is 0.466 e. The summed E-state index contributed by atoms with van der Waals surface area (Å²) in [6.07, 6.45) is 13.1. The lowest BCUT2D eigenvalue weighted by molar-refractivity contribution is -0.134. The third-order valence-corrected chi connectivity index (χ3v) is 2.53. The van der Waals surface area contributed by atoms with Crippen LogP contribution < -0.4 is 5.73 Å². The molecule has 0 aromatic rings. The predicted octanol–water partition coefficient (Wildman–Crippen LogP) is 2.80. The minimum absolute atomic E-state index is 0.262. The molecule has 0 fully saturated rings. The lowest BCUT2D eigenvalue weighted by atomic mass is 10.1.